The molecule has 3 rings (SSSR count). The number of methoxy groups -OCH3 is 1. The molecule has 2 aliphatic rings. The molecule has 0 radical (unpaired) electrons. The molecule has 1 amide bonds. The van der Waals surface area contributed by atoms with Crippen LogP contribution >= 0.6 is 0 Å². The highest BCUT2D eigenvalue weighted by atomic mass is 16.5. The first kappa shape index (κ1) is 14.9. The van der Waals surface area contributed by atoms with E-state index in [4.69, 9.17) is 4.74 Å². The molecule has 0 bridgehead atoms. The lowest BCUT2D eigenvalue weighted by Gasteiger charge is -2.53. The molecular weight excluding hydrogens is 282 g/mol. The summed E-state index contributed by atoms with van der Waals surface area (Å²) in [6.07, 6.45) is 3.93. The molecule has 5 nitrogen and oxygen atoms in total. The Kier molecular flexibility index (Phi) is 3.59. The van der Waals surface area contributed by atoms with Crippen molar-refractivity contribution in [1.82, 2.24) is 4.90 Å². The summed E-state index contributed by atoms with van der Waals surface area (Å²) in [5.74, 6) is -0.461. The van der Waals surface area contributed by atoms with Crippen molar-refractivity contribution in [3.63, 3.8) is 0 Å². The van der Waals surface area contributed by atoms with E-state index in [1.807, 2.05) is 13.0 Å². The number of benzene rings is 1. The minimum Gasteiger partial charge on any atom is -0.496 e. The Labute approximate surface area is 129 Å². The van der Waals surface area contributed by atoms with Gasteiger partial charge in [-0.3, -0.25) is 4.79 Å². The first-order valence-corrected chi connectivity index (χ1v) is 7.67. The van der Waals surface area contributed by atoms with Gasteiger partial charge in [0.25, 0.3) is 5.91 Å². The minimum absolute atomic E-state index is 0.198. The number of carbonyl (C=O) groups is 2. The van der Waals surface area contributed by atoms with Gasteiger partial charge in [-0.05, 0) is 37.5 Å². The molecule has 5 heteroatoms. The molecule has 2 fully saturated rings. The third kappa shape index (κ3) is 2.16. The van der Waals surface area contributed by atoms with Gasteiger partial charge in [0, 0.05) is 17.5 Å². The zero-order valence-corrected chi connectivity index (χ0v) is 13.0. The van der Waals surface area contributed by atoms with E-state index in [9.17, 15) is 14.7 Å². The summed E-state index contributed by atoms with van der Waals surface area (Å²) in [5, 5.41) is 9.55. The monoisotopic (exact) mass is 303 g/mol. The van der Waals surface area contributed by atoms with Crippen molar-refractivity contribution < 1.29 is 19.4 Å². The SMILES string of the molecule is COc1cc(C(=O)N2CC3(CCCC3)C2C(=O)O)ccc1C. The number of nitrogens with zero attached hydrogens (tertiary/aromatic N) is 1. The van der Waals surface area contributed by atoms with Gasteiger partial charge in [0.05, 0.1) is 7.11 Å². The lowest BCUT2D eigenvalue weighted by Crippen LogP contribution is -2.68. The molecule has 1 aliphatic heterocycles. The Hall–Kier alpha value is -2.04. The van der Waals surface area contributed by atoms with Crippen molar-refractivity contribution in [2.24, 2.45) is 5.41 Å². The van der Waals surface area contributed by atoms with Gasteiger partial charge in [-0.1, -0.05) is 18.9 Å². The van der Waals surface area contributed by atoms with Gasteiger partial charge in [-0.25, -0.2) is 4.79 Å². The van der Waals surface area contributed by atoms with Crippen molar-refractivity contribution >= 4 is 11.9 Å². The maximum Gasteiger partial charge on any atom is 0.327 e. The topological polar surface area (TPSA) is 66.8 Å². The Bertz CT molecular complexity index is 619. The lowest BCUT2D eigenvalue weighted by molar-refractivity contribution is -0.159. The Morgan fingerprint density at radius 2 is 2.00 bits per heavy atom. The van der Waals surface area contributed by atoms with Crippen molar-refractivity contribution in [1.29, 1.82) is 0 Å². The Morgan fingerprint density at radius 3 is 2.59 bits per heavy atom. The van der Waals surface area contributed by atoms with E-state index < -0.39 is 12.0 Å². The molecule has 1 aromatic carbocycles. The van der Waals surface area contributed by atoms with E-state index in [-0.39, 0.29) is 11.3 Å². The van der Waals surface area contributed by atoms with Crippen LogP contribution in [0.15, 0.2) is 18.2 Å². The quantitative estimate of drug-likeness (QED) is 0.931. The van der Waals surface area contributed by atoms with E-state index in [0.717, 1.165) is 31.2 Å². The van der Waals surface area contributed by atoms with Crippen LogP contribution in [0.5, 0.6) is 5.75 Å². The first-order valence-electron chi connectivity index (χ1n) is 7.67. The van der Waals surface area contributed by atoms with E-state index in [2.05, 4.69) is 0 Å². The summed E-state index contributed by atoms with van der Waals surface area (Å²) in [4.78, 5) is 25.8. The number of carbonyl (C=O) groups excluding carboxylic acids is 1. The van der Waals surface area contributed by atoms with Gasteiger partial charge in [0.2, 0.25) is 0 Å². The normalized spacial score (nSPS) is 22.5. The summed E-state index contributed by atoms with van der Waals surface area (Å²) in [6, 6.07) is 4.57. The number of hydrogen-bond acceptors (Lipinski definition) is 3. The molecule has 1 unspecified atom stereocenters. The number of amides is 1. The van der Waals surface area contributed by atoms with E-state index >= 15 is 0 Å². The van der Waals surface area contributed by atoms with Crippen molar-refractivity contribution in [2.45, 2.75) is 38.6 Å². The standard InChI is InChI=1S/C17H21NO4/c1-11-5-6-12(9-13(11)22-2)15(19)18-10-17(7-3-4-8-17)14(18)16(20)21/h5-6,9,14H,3-4,7-8,10H2,1-2H3,(H,20,21). The van der Waals surface area contributed by atoms with Gasteiger partial charge in [0.15, 0.2) is 0 Å². The van der Waals surface area contributed by atoms with Crippen LogP contribution in [0.2, 0.25) is 0 Å². The van der Waals surface area contributed by atoms with Crippen molar-refractivity contribution in [3.05, 3.63) is 29.3 Å². The van der Waals surface area contributed by atoms with Crippen LogP contribution in [0.4, 0.5) is 0 Å². The maximum atomic E-state index is 12.7. The number of aliphatic carboxylic acids is 1. The fourth-order valence-electron chi connectivity index (χ4n) is 3.95. The van der Waals surface area contributed by atoms with Gasteiger partial charge < -0.3 is 14.7 Å². The fourth-order valence-corrected chi connectivity index (χ4v) is 3.95. The van der Waals surface area contributed by atoms with E-state index in [1.54, 1.807) is 19.2 Å². The summed E-state index contributed by atoms with van der Waals surface area (Å²) in [7, 11) is 1.56. The van der Waals surface area contributed by atoms with Gasteiger partial charge in [0.1, 0.15) is 11.8 Å². The molecule has 22 heavy (non-hydrogen) atoms. The molecule has 1 N–H and O–H groups in total. The summed E-state index contributed by atoms with van der Waals surface area (Å²) < 4.78 is 5.25. The molecule has 1 aromatic rings. The highest BCUT2D eigenvalue weighted by molar-refractivity contribution is 5.98. The van der Waals surface area contributed by atoms with Crippen LogP contribution in [-0.4, -0.2) is 41.6 Å². The van der Waals surface area contributed by atoms with Gasteiger partial charge in [-0.2, -0.15) is 0 Å². The molecule has 1 saturated carbocycles. The van der Waals surface area contributed by atoms with Crippen LogP contribution in [0.3, 0.4) is 0 Å². The number of rotatable bonds is 3. The van der Waals surface area contributed by atoms with Crippen LogP contribution in [0.25, 0.3) is 0 Å². The largest absolute Gasteiger partial charge is 0.496 e. The Morgan fingerprint density at radius 1 is 1.32 bits per heavy atom. The first-order chi connectivity index (χ1) is 10.5. The molecule has 1 spiro atoms. The lowest BCUT2D eigenvalue weighted by atomic mass is 9.69. The molecule has 1 atom stereocenters. The second-order valence-electron chi connectivity index (χ2n) is 6.43. The minimum atomic E-state index is -0.888. The molecule has 0 aromatic heterocycles. The number of ether oxygens (including phenoxy) is 1. The average Bonchev–Trinajstić information content (AvgIpc) is 2.95. The smallest absolute Gasteiger partial charge is 0.327 e. The second kappa shape index (κ2) is 5.30. The molecule has 118 valence electrons. The zero-order valence-electron chi connectivity index (χ0n) is 13.0. The number of likely N-dealkylation sites (tertiary alicyclic amines) is 1. The van der Waals surface area contributed by atoms with Crippen LogP contribution in [-0.2, 0) is 4.79 Å². The van der Waals surface area contributed by atoms with Gasteiger partial charge in [-0.15, -0.1) is 0 Å². The zero-order chi connectivity index (χ0) is 15.9. The van der Waals surface area contributed by atoms with Crippen LogP contribution in [0.1, 0.15) is 41.6 Å². The Balaban J connectivity index is 1.85. The second-order valence-corrected chi connectivity index (χ2v) is 6.43. The number of aryl methyl sites for hydroxylation is 1. The van der Waals surface area contributed by atoms with Crippen LogP contribution in [0, 0.1) is 12.3 Å². The number of hydrogen-bond donors (Lipinski definition) is 1. The predicted octanol–water partition coefficient (Wildman–Crippen LogP) is 2.47. The number of carboxylic acids is 1. The van der Waals surface area contributed by atoms with E-state index in [1.165, 1.54) is 4.90 Å². The maximum absolute atomic E-state index is 12.7. The molecule has 1 aliphatic carbocycles. The summed E-state index contributed by atoms with van der Waals surface area (Å²) >= 11 is 0. The van der Waals surface area contributed by atoms with Crippen molar-refractivity contribution in [2.75, 3.05) is 13.7 Å². The third-order valence-corrected chi connectivity index (χ3v) is 5.13. The summed E-state index contributed by atoms with van der Waals surface area (Å²) in [5.41, 5.74) is 1.24. The average molecular weight is 303 g/mol. The summed E-state index contributed by atoms with van der Waals surface area (Å²) in [6.45, 7) is 2.46. The molecule has 1 heterocycles. The number of carboxylic acid groups (broad SMARTS) is 1. The van der Waals surface area contributed by atoms with Crippen molar-refractivity contribution in [3.8, 4) is 5.75 Å². The predicted molar refractivity (Wildman–Crippen MR) is 81.1 cm³/mol. The molecule has 1 saturated heterocycles. The van der Waals surface area contributed by atoms with Gasteiger partial charge >= 0.3 is 5.97 Å². The highest BCUT2D eigenvalue weighted by Crippen LogP contribution is 2.51. The molecular formula is C17H21NO4. The fraction of sp³-hybridized carbons (Fsp3) is 0.529. The van der Waals surface area contributed by atoms with Crippen LogP contribution < -0.4 is 4.74 Å². The highest BCUT2D eigenvalue weighted by Gasteiger charge is 2.59. The third-order valence-electron chi connectivity index (χ3n) is 5.13. The van der Waals surface area contributed by atoms with E-state index in [0.29, 0.717) is 17.9 Å².